The number of aromatic nitrogens is 2. The molecule has 0 fully saturated rings. The molecule has 0 aliphatic rings. The van der Waals surface area contributed by atoms with Crippen molar-refractivity contribution in [3.05, 3.63) is 30.4 Å². The Morgan fingerprint density at radius 1 is 1.19 bits per heavy atom. The zero-order valence-corrected chi connectivity index (χ0v) is 11.5. The SMILES string of the molecule is C[SH](C)c1ccc2c(C(C)(C)C)ncn2c1. The molecule has 2 aromatic rings. The lowest BCUT2D eigenvalue weighted by molar-refractivity contribution is 0.578. The summed E-state index contributed by atoms with van der Waals surface area (Å²) in [5.74, 6) is 0. The van der Waals surface area contributed by atoms with Crippen molar-refractivity contribution in [1.82, 2.24) is 9.38 Å². The van der Waals surface area contributed by atoms with Crippen LogP contribution in [-0.2, 0) is 5.41 Å². The Labute approximate surface area is 100 Å². The first kappa shape index (κ1) is 11.5. The number of pyridine rings is 1. The van der Waals surface area contributed by atoms with Crippen molar-refractivity contribution in [2.75, 3.05) is 12.5 Å². The van der Waals surface area contributed by atoms with E-state index in [4.69, 9.17) is 0 Å². The van der Waals surface area contributed by atoms with Crippen LogP contribution in [0.1, 0.15) is 26.5 Å². The minimum absolute atomic E-state index is 0.0362. The molecule has 0 unspecified atom stereocenters. The lowest BCUT2D eigenvalue weighted by atomic mass is 9.91. The maximum Gasteiger partial charge on any atom is 0.0996 e. The van der Waals surface area contributed by atoms with Crippen LogP contribution in [-0.4, -0.2) is 21.9 Å². The molecule has 0 amide bonds. The van der Waals surface area contributed by atoms with Crippen molar-refractivity contribution >= 4 is 16.4 Å². The van der Waals surface area contributed by atoms with Crippen LogP contribution in [0, 0.1) is 0 Å². The van der Waals surface area contributed by atoms with Gasteiger partial charge in [0.2, 0.25) is 0 Å². The highest BCUT2D eigenvalue weighted by atomic mass is 32.2. The van der Waals surface area contributed by atoms with Crippen LogP contribution in [0.3, 0.4) is 0 Å². The van der Waals surface area contributed by atoms with Gasteiger partial charge in [-0.25, -0.2) is 15.9 Å². The molecule has 88 valence electrons. The molecule has 0 saturated carbocycles. The highest BCUT2D eigenvalue weighted by Gasteiger charge is 2.19. The van der Waals surface area contributed by atoms with Crippen LogP contribution >= 0.6 is 10.9 Å². The van der Waals surface area contributed by atoms with Crippen LogP contribution in [0.2, 0.25) is 0 Å². The van der Waals surface area contributed by atoms with Gasteiger partial charge in [-0.3, -0.25) is 0 Å². The Hall–Kier alpha value is -0.960. The summed E-state index contributed by atoms with van der Waals surface area (Å²) >= 11 is 0. The van der Waals surface area contributed by atoms with Gasteiger partial charge in [-0.15, -0.1) is 0 Å². The van der Waals surface area contributed by atoms with Gasteiger partial charge in [0, 0.05) is 16.5 Å². The summed E-state index contributed by atoms with van der Waals surface area (Å²) in [6.07, 6.45) is 8.69. The fourth-order valence-corrected chi connectivity index (χ4v) is 2.56. The molecule has 0 N–H and O–H groups in total. The molecular formula is C13H20N2S. The highest BCUT2D eigenvalue weighted by Crippen LogP contribution is 2.30. The smallest absolute Gasteiger partial charge is 0.0996 e. The molecule has 2 nitrogen and oxygen atoms in total. The molecule has 0 saturated heterocycles. The fourth-order valence-electron chi connectivity index (χ4n) is 1.83. The highest BCUT2D eigenvalue weighted by molar-refractivity contribution is 8.15. The average Bonchev–Trinajstić information content (AvgIpc) is 2.58. The van der Waals surface area contributed by atoms with Crippen molar-refractivity contribution in [2.24, 2.45) is 0 Å². The average molecular weight is 236 g/mol. The molecule has 2 heterocycles. The largest absolute Gasteiger partial charge is 0.305 e. The van der Waals surface area contributed by atoms with Crippen molar-refractivity contribution in [2.45, 2.75) is 31.1 Å². The fraction of sp³-hybridized carbons (Fsp3) is 0.462. The lowest BCUT2D eigenvalue weighted by Gasteiger charge is -2.16. The maximum atomic E-state index is 4.54. The van der Waals surface area contributed by atoms with Gasteiger partial charge < -0.3 is 4.40 Å². The van der Waals surface area contributed by atoms with E-state index in [-0.39, 0.29) is 16.3 Å². The predicted octanol–water partition coefficient (Wildman–Crippen LogP) is 3.25. The van der Waals surface area contributed by atoms with Crippen LogP contribution in [0.25, 0.3) is 5.52 Å². The van der Waals surface area contributed by atoms with E-state index in [9.17, 15) is 0 Å². The van der Waals surface area contributed by atoms with E-state index < -0.39 is 0 Å². The second kappa shape index (κ2) is 3.81. The van der Waals surface area contributed by atoms with Gasteiger partial charge in [-0.1, -0.05) is 20.8 Å². The van der Waals surface area contributed by atoms with Crippen molar-refractivity contribution < 1.29 is 0 Å². The minimum Gasteiger partial charge on any atom is -0.305 e. The second-order valence-corrected chi connectivity index (χ2v) is 7.72. The third-order valence-corrected chi connectivity index (χ3v) is 4.04. The summed E-state index contributed by atoms with van der Waals surface area (Å²) in [6.45, 7) is 6.61. The molecular weight excluding hydrogens is 216 g/mol. The second-order valence-electron chi connectivity index (χ2n) is 5.42. The van der Waals surface area contributed by atoms with E-state index in [2.05, 4.69) is 61.0 Å². The molecule has 0 bridgehead atoms. The van der Waals surface area contributed by atoms with Crippen LogP contribution in [0.15, 0.2) is 29.6 Å². The number of rotatable bonds is 1. The number of fused-ring (bicyclic) bond motifs is 1. The molecule has 0 atom stereocenters. The Kier molecular flexibility index (Phi) is 2.74. The Morgan fingerprint density at radius 3 is 2.44 bits per heavy atom. The molecule has 0 aromatic carbocycles. The minimum atomic E-state index is -0.0362. The third kappa shape index (κ3) is 1.96. The van der Waals surface area contributed by atoms with Gasteiger partial charge in [-0.05, 0) is 24.6 Å². The third-order valence-electron chi connectivity index (χ3n) is 2.74. The van der Waals surface area contributed by atoms with Crippen LogP contribution < -0.4 is 0 Å². The van der Waals surface area contributed by atoms with E-state index in [1.54, 1.807) is 0 Å². The van der Waals surface area contributed by atoms with Gasteiger partial charge >= 0.3 is 0 Å². The van der Waals surface area contributed by atoms with E-state index in [1.807, 2.05) is 6.33 Å². The molecule has 0 radical (unpaired) electrons. The number of nitrogens with zero attached hydrogens (tertiary/aromatic N) is 2. The lowest BCUT2D eigenvalue weighted by Crippen LogP contribution is -2.12. The van der Waals surface area contributed by atoms with Crippen molar-refractivity contribution in [1.29, 1.82) is 0 Å². The summed E-state index contributed by atoms with van der Waals surface area (Å²) in [5.41, 5.74) is 2.52. The van der Waals surface area contributed by atoms with Crippen LogP contribution in [0.5, 0.6) is 0 Å². The topological polar surface area (TPSA) is 17.3 Å². The Bertz CT molecular complexity index is 506. The molecule has 0 spiro atoms. The van der Waals surface area contributed by atoms with Gasteiger partial charge in [0.15, 0.2) is 0 Å². The monoisotopic (exact) mass is 236 g/mol. The molecule has 0 aliphatic heterocycles. The van der Waals surface area contributed by atoms with Crippen molar-refractivity contribution in [3.8, 4) is 0 Å². The molecule has 0 aliphatic carbocycles. The van der Waals surface area contributed by atoms with Gasteiger partial charge in [-0.2, -0.15) is 0 Å². The Balaban J connectivity index is 2.59. The molecule has 16 heavy (non-hydrogen) atoms. The maximum absolute atomic E-state index is 4.54. The molecule has 2 aromatic heterocycles. The number of hydrogen-bond donors (Lipinski definition) is 1. The zero-order valence-electron chi connectivity index (χ0n) is 10.7. The first-order valence-electron chi connectivity index (χ1n) is 5.54. The summed E-state index contributed by atoms with van der Waals surface area (Å²) in [5, 5.41) is 0. The van der Waals surface area contributed by atoms with E-state index in [0.29, 0.717) is 0 Å². The van der Waals surface area contributed by atoms with Crippen molar-refractivity contribution in [3.63, 3.8) is 0 Å². The van der Waals surface area contributed by atoms with Gasteiger partial charge in [0.25, 0.3) is 0 Å². The van der Waals surface area contributed by atoms with E-state index in [0.717, 1.165) is 0 Å². The quantitative estimate of drug-likeness (QED) is 0.752. The summed E-state index contributed by atoms with van der Waals surface area (Å²) in [7, 11) is -0.0362. The standard InChI is InChI=1S/C13H20N2S/c1-13(2,3)12-11-7-6-10(16(4)5)8-15(11)9-14-12/h6-9,16H,1-5H3. The van der Waals surface area contributed by atoms with Gasteiger partial charge in [0.1, 0.15) is 0 Å². The Morgan fingerprint density at radius 2 is 1.88 bits per heavy atom. The zero-order chi connectivity index (χ0) is 11.9. The number of hydrogen-bond acceptors (Lipinski definition) is 1. The molecule has 2 rings (SSSR count). The summed E-state index contributed by atoms with van der Waals surface area (Å²) < 4.78 is 2.15. The predicted molar refractivity (Wildman–Crippen MR) is 73.0 cm³/mol. The first-order chi connectivity index (χ1) is 7.39. The first-order valence-corrected chi connectivity index (χ1v) is 7.78. The summed E-state index contributed by atoms with van der Waals surface area (Å²) in [6, 6.07) is 4.43. The number of thiol groups is 1. The normalized spacial score (nSPS) is 13.2. The summed E-state index contributed by atoms with van der Waals surface area (Å²) in [4.78, 5) is 5.95. The van der Waals surface area contributed by atoms with Gasteiger partial charge in [0.05, 0.1) is 17.5 Å². The number of imidazole rings is 1. The van der Waals surface area contributed by atoms with Crippen LogP contribution in [0.4, 0.5) is 0 Å². The van der Waals surface area contributed by atoms with E-state index >= 15 is 0 Å². The molecule has 3 heteroatoms. The van der Waals surface area contributed by atoms with E-state index in [1.165, 1.54) is 16.1 Å².